The Morgan fingerprint density at radius 2 is 2.10 bits per heavy atom. The molecule has 0 aliphatic heterocycles. The quantitative estimate of drug-likeness (QED) is 0.917. The number of halogens is 2. The normalized spacial score (nSPS) is 12.2. The standard InChI is InChI=1S/C15H16F2N2O2/c1-3-4-9(2)18-15(20)13-8-14(21-19-13)10-5-6-11(16)12(17)7-10/h5-9H,3-4H2,1-2H3,(H,18,20). The van der Waals surface area contributed by atoms with Gasteiger partial charge in [0.2, 0.25) is 0 Å². The summed E-state index contributed by atoms with van der Waals surface area (Å²) in [7, 11) is 0. The number of aromatic nitrogens is 1. The van der Waals surface area contributed by atoms with E-state index in [4.69, 9.17) is 4.52 Å². The van der Waals surface area contributed by atoms with Crippen molar-refractivity contribution in [1.29, 1.82) is 0 Å². The minimum absolute atomic E-state index is 0.0333. The van der Waals surface area contributed by atoms with Crippen LogP contribution in [0.1, 0.15) is 37.2 Å². The summed E-state index contributed by atoms with van der Waals surface area (Å²) >= 11 is 0. The third-order valence-corrected chi connectivity index (χ3v) is 3.05. The van der Waals surface area contributed by atoms with Crippen molar-refractivity contribution in [2.75, 3.05) is 0 Å². The highest BCUT2D eigenvalue weighted by atomic mass is 19.2. The zero-order valence-electron chi connectivity index (χ0n) is 11.8. The van der Waals surface area contributed by atoms with Crippen LogP contribution in [0.25, 0.3) is 11.3 Å². The number of amides is 1. The topological polar surface area (TPSA) is 55.1 Å². The van der Waals surface area contributed by atoms with Gasteiger partial charge < -0.3 is 9.84 Å². The largest absolute Gasteiger partial charge is 0.355 e. The van der Waals surface area contributed by atoms with E-state index in [1.54, 1.807) is 0 Å². The molecule has 1 unspecified atom stereocenters. The fourth-order valence-electron chi connectivity index (χ4n) is 1.97. The van der Waals surface area contributed by atoms with E-state index in [2.05, 4.69) is 10.5 Å². The van der Waals surface area contributed by atoms with Crippen molar-refractivity contribution in [3.63, 3.8) is 0 Å². The molecule has 1 amide bonds. The summed E-state index contributed by atoms with van der Waals surface area (Å²) in [6.07, 6.45) is 1.82. The van der Waals surface area contributed by atoms with Crippen LogP contribution >= 0.6 is 0 Å². The van der Waals surface area contributed by atoms with Gasteiger partial charge in [0.25, 0.3) is 5.91 Å². The lowest BCUT2D eigenvalue weighted by Crippen LogP contribution is -2.32. The van der Waals surface area contributed by atoms with Crippen LogP contribution in [-0.4, -0.2) is 17.1 Å². The maximum Gasteiger partial charge on any atom is 0.273 e. The Kier molecular flexibility index (Phi) is 4.67. The second kappa shape index (κ2) is 6.47. The zero-order valence-corrected chi connectivity index (χ0v) is 11.8. The predicted octanol–water partition coefficient (Wildman–Crippen LogP) is 3.54. The average molecular weight is 294 g/mol. The van der Waals surface area contributed by atoms with Gasteiger partial charge in [0, 0.05) is 17.7 Å². The van der Waals surface area contributed by atoms with Gasteiger partial charge in [-0.1, -0.05) is 18.5 Å². The van der Waals surface area contributed by atoms with E-state index < -0.39 is 11.6 Å². The second-order valence-corrected chi connectivity index (χ2v) is 4.87. The van der Waals surface area contributed by atoms with E-state index >= 15 is 0 Å². The van der Waals surface area contributed by atoms with Crippen LogP contribution in [0.5, 0.6) is 0 Å². The third-order valence-electron chi connectivity index (χ3n) is 3.05. The molecule has 0 radical (unpaired) electrons. The summed E-state index contributed by atoms with van der Waals surface area (Å²) in [4.78, 5) is 11.9. The SMILES string of the molecule is CCCC(C)NC(=O)c1cc(-c2ccc(F)c(F)c2)on1. The molecule has 1 heterocycles. The van der Waals surface area contributed by atoms with Crippen molar-refractivity contribution >= 4 is 5.91 Å². The molecule has 0 bridgehead atoms. The van der Waals surface area contributed by atoms with Crippen LogP contribution in [0, 0.1) is 11.6 Å². The van der Waals surface area contributed by atoms with E-state index in [1.165, 1.54) is 12.1 Å². The van der Waals surface area contributed by atoms with Gasteiger partial charge in [-0.05, 0) is 31.5 Å². The van der Waals surface area contributed by atoms with E-state index in [-0.39, 0.29) is 23.4 Å². The molecule has 1 aromatic carbocycles. The number of carbonyl (C=O) groups is 1. The molecule has 0 fully saturated rings. The summed E-state index contributed by atoms with van der Waals surface area (Å²) in [5.41, 5.74) is 0.430. The molecule has 1 N–H and O–H groups in total. The lowest BCUT2D eigenvalue weighted by Gasteiger charge is -2.10. The molecule has 0 spiro atoms. The van der Waals surface area contributed by atoms with Crippen molar-refractivity contribution in [1.82, 2.24) is 10.5 Å². The van der Waals surface area contributed by atoms with Crippen molar-refractivity contribution in [2.45, 2.75) is 32.7 Å². The molecule has 0 saturated carbocycles. The lowest BCUT2D eigenvalue weighted by atomic mass is 10.1. The molecule has 6 heteroatoms. The van der Waals surface area contributed by atoms with Crippen LogP contribution in [0.4, 0.5) is 8.78 Å². The first kappa shape index (κ1) is 15.2. The summed E-state index contributed by atoms with van der Waals surface area (Å²) < 4.78 is 31.1. The maximum atomic E-state index is 13.2. The lowest BCUT2D eigenvalue weighted by molar-refractivity contribution is 0.0929. The highest BCUT2D eigenvalue weighted by Crippen LogP contribution is 2.22. The minimum Gasteiger partial charge on any atom is -0.355 e. The summed E-state index contributed by atoms with van der Waals surface area (Å²) in [5, 5.41) is 6.44. The van der Waals surface area contributed by atoms with Crippen molar-refractivity contribution in [3.05, 3.63) is 41.6 Å². The molecule has 2 rings (SSSR count). The van der Waals surface area contributed by atoms with Crippen LogP contribution in [0.2, 0.25) is 0 Å². The second-order valence-electron chi connectivity index (χ2n) is 4.87. The molecule has 2 aromatic rings. The smallest absolute Gasteiger partial charge is 0.273 e. The van der Waals surface area contributed by atoms with Crippen LogP contribution in [-0.2, 0) is 0 Å². The Morgan fingerprint density at radius 3 is 2.76 bits per heavy atom. The molecular weight excluding hydrogens is 278 g/mol. The summed E-state index contributed by atoms with van der Waals surface area (Å²) in [6.45, 7) is 3.93. The summed E-state index contributed by atoms with van der Waals surface area (Å²) in [5.74, 6) is -2.06. The number of carbonyl (C=O) groups excluding carboxylic acids is 1. The van der Waals surface area contributed by atoms with Gasteiger partial charge in [0.05, 0.1) is 0 Å². The minimum atomic E-state index is -0.980. The molecular formula is C15H16F2N2O2. The fourth-order valence-corrected chi connectivity index (χ4v) is 1.97. The molecule has 1 atom stereocenters. The van der Waals surface area contributed by atoms with Gasteiger partial charge in [-0.2, -0.15) is 0 Å². The fraction of sp³-hybridized carbons (Fsp3) is 0.333. The Bertz CT molecular complexity index is 640. The molecule has 21 heavy (non-hydrogen) atoms. The first-order valence-corrected chi connectivity index (χ1v) is 6.74. The Morgan fingerprint density at radius 1 is 1.33 bits per heavy atom. The highest BCUT2D eigenvalue weighted by Gasteiger charge is 2.16. The van der Waals surface area contributed by atoms with Crippen molar-refractivity contribution in [2.24, 2.45) is 0 Å². The van der Waals surface area contributed by atoms with Crippen LogP contribution in [0.15, 0.2) is 28.8 Å². The molecule has 1 aromatic heterocycles. The predicted molar refractivity (Wildman–Crippen MR) is 73.7 cm³/mol. The Hall–Kier alpha value is -2.24. The van der Waals surface area contributed by atoms with Gasteiger partial charge in [-0.15, -0.1) is 0 Å². The maximum absolute atomic E-state index is 13.2. The van der Waals surface area contributed by atoms with E-state index in [0.29, 0.717) is 5.56 Å². The molecule has 0 saturated heterocycles. The zero-order chi connectivity index (χ0) is 15.4. The van der Waals surface area contributed by atoms with Gasteiger partial charge >= 0.3 is 0 Å². The monoisotopic (exact) mass is 294 g/mol. The van der Waals surface area contributed by atoms with Crippen LogP contribution < -0.4 is 5.32 Å². The number of benzene rings is 1. The van der Waals surface area contributed by atoms with Gasteiger partial charge in [-0.25, -0.2) is 8.78 Å². The van der Waals surface area contributed by atoms with Gasteiger partial charge in [0.15, 0.2) is 23.1 Å². The number of nitrogens with one attached hydrogen (secondary N) is 1. The number of rotatable bonds is 5. The number of hydrogen-bond acceptors (Lipinski definition) is 3. The average Bonchev–Trinajstić information content (AvgIpc) is 2.92. The Balaban J connectivity index is 2.13. The van der Waals surface area contributed by atoms with E-state index in [0.717, 1.165) is 25.0 Å². The Labute approximate surface area is 121 Å². The van der Waals surface area contributed by atoms with Crippen LogP contribution in [0.3, 0.4) is 0 Å². The molecule has 112 valence electrons. The van der Waals surface area contributed by atoms with Gasteiger partial charge in [-0.3, -0.25) is 4.79 Å². The number of hydrogen-bond donors (Lipinski definition) is 1. The van der Waals surface area contributed by atoms with E-state index in [1.807, 2.05) is 13.8 Å². The first-order valence-electron chi connectivity index (χ1n) is 6.74. The molecule has 4 nitrogen and oxygen atoms in total. The highest BCUT2D eigenvalue weighted by molar-refractivity contribution is 5.93. The van der Waals surface area contributed by atoms with Crippen molar-refractivity contribution < 1.29 is 18.1 Å². The van der Waals surface area contributed by atoms with Crippen molar-refractivity contribution in [3.8, 4) is 11.3 Å². The molecule has 0 aliphatic carbocycles. The third kappa shape index (κ3) is 3.65. The number of nitrogens with zero attached hydrogens (tertiary/aromatic N) is 1. The van der Waals surface area contributed by atoms with Gasteiger partial charge in [0.1, 0.15) is 0 Å². The van der Waals surface area contributed by atoms with E-state index in [9.17, 15) is 13.6 Å². The first-order chi connectivity index (χ1) is 10.0. The summed E-state index contributed by atoms with van der Waals surface area (Å²) in [6, 6.07) is 4.79. The molecule has 0 aliphatic rings.